The highest BCUT2D eigenvalue weighted by molar-refractivity contribution is 7.54. The summed E-state index contributed by atoms with van der Waals surface area (Å²) in [5, 5.41) is 0. The summed E-state index contributed by atoms with van der Waals surface area (Å²) in [6.45, 7) is 1.67. The molecule has 0 aliphatic rings. The normalized spacial score (nSPS) is 23.2. The van der Waals surface area contributed by atoms with Gasteiger partial charge in [-0.3, -0.25) is 9.13 Å². The van der Waals surface area contributed by atoms with Gasteiger partial charge in [-0.15, -0.1) is 9.35 Å². The van der Waals surface area contributed by atoms with Gasteiger partial charge in [0.05, 0.1) is 0 Å². The molecule has 2 atom stereocenters. The summed E-state index contributed by atoms with van der Waals surface area (Å²) in [5.74, 6) is 0. The van der Waals surface area contributed by atoms with Crippen molar-refractivity contribution in [2.24, 2.45) is 0 Å². The SMILES string of the molecule is CP(=O)(O)OOP(C)(=O)O. The van der Waals surface area contributed by atoms with E-state index in [0.717, 1.165) is 13.3 Å². The van der Waals surface area contributed by atoms with Crippen molar-refractivity contribution in [1.29, 1.82) is 0 Å². The molecule has 0 aromatic rings. The summed E-state index contributed by atoms with van der Waals surface area (Å²) in [6.07, 6.45) is 0. The molecule has 8 heteroatoms. The molecule has 10 heavy (non-hydrogen) atoms. The first kappa shape index (κ1) is 10.3. The van der Waals surface area contributed by atoms with Gasteiger partial charge in [-0.05, 0) is 0 Å². The van der Waals surface area contributed by atoms with E-state index in [4.69, 9.17) is 9.79 Å². The van der Waals surface area contributed by atoms with Gasteiger partial charge in [0.2, 0.25) is 0 Å². The first-order valence-corrected chi connectivity index (χ1v) is 6.24. The molecule has 0 aromatic carbocycles. The monoisotopic (exact) mass is 190 g/mol. The van der Waals surface area contributed by atoms with Crippen LogP contribution < -0.4 is 0 Å². The van der Waals surface area contributed by atoms with E-state index in [0.29, 0.717) is 0 Å². The lowest BCUT2D eigenvalue weighted by atomic mass is 12.0. The number of hydrogen-bond donors (Lipinski definition) is 2. The second-order valence-electron chi connectivity index (χ2n) is 1.76. The van der Waals surface area contributed by atoms with Crippen LogP contribution in [0.2, 0.25) is 0 Å². The molecule has 6 nitrogen and oxygen atoms in total. The van der Waals surface area contributed by atoms with Crippen LogP contribution in [-0.2, 0) is 18.5 Å². The molecule has 0 aromatic heterocycles. The molecule has 0 saturated carbocycles. The first-order chi connectivity index (χ1) is 4.21. The zero-order valence-corrected chi connectivity index (χ0v) is 7.21. The summed E-state index contributed by atoms with van der Waals surface area (Å²) in [6, 6.07) is 0. The fourth-order valence-electron chi connectivity index (χ4n) is 0.124. The van der Waals surface area contributed by atoms with Gasteiger partial charge in [0, 0.05) is 13.3 Å². The van der Waals surface area contributed by atoms with Gasteiger partial charge in [0.1, 0.15) is 0 Å². The summed E-state index contributed by atoms with van der Waals surface area (Å²) in [5.41, 5.74) is 0. The predicted molar refractivity (Wildman–Crippen MR) is 33.7 cm³/mol. The van der Waals surface area contributed by atoms with Crippen LogP contribution >= 0.6 is 15.2 Å². The topological polar surface area (TPSA) is 93.1 Å². The van der Waals surface area contributed by atoms with Crippen molar-refractivity contribution in [2.75, 3.05) is 13.3 Å². The van der Waals surface area contributed by atoms with Crippen molar-refractivity contribution in [1.82, 2.24) is 0 Å². The van der Waals surface area contributed by atoms with Crippen LogP contribution in [0.1, 0.15) is 0 Å². The standard InChI is InChI=1S/C2H8O6P2/c1-9(3,4)7-8-10(2,5)6/h1-2H3,(H,3,4)(H,5,6). The lowest BCUT2D eigenvalue weighted by Gasteiger charge is -2.06. The molecule has 2 N–H and O–H groups in total. The summed E-state index contributed by atoms with van der Waals surface area (Å²) in [4.78, 5) is 16.7. The Hall–Kier alpha value is 0.300. The zero-order chi connectivity index (χ0) is 8.41. The van der Waals surface area contributed by atoms with Gasteiger partial charge in [0.15, 0.2) is 0 Å². The molecule has 0 aliphatic carbocycles. The average Bonchev–Trinajstić information content (AvgIpc) is 1.57. The van der Waals surface area contributed by atoms with Crippen LogP contribution in [0, 0.1) is 0 Å². The van der Waals surface area contributed by atoms with Crippen LogP contribution in [-0.4, -0.2) is 23.1 Å². The van der Waals surface area contributed by atoms with E-state index in [2.05, 4.69) is 9.35 Å². The Morgan fingerprint density at radius 1 is 1.00 bits per heavy atom. The van der Waals surface area contributed by atoms with Crippen molar-refractivity contribution >= 4 is 15.2 Å². The first-order valence-electron chi connectivity index (χ1n) is 2.19. The Bertz CT molecular complexity index is 164. The van der Waals surface area contributed by atoms with Gasteiger partial charge < -0.3 is 9.79 Å². The molecule has 0 aliphatic heterocycles. The van der Waals surface area contributed by atoms with E-state index in [-0.39, 0.29) is 0 Å². The summed E-state index contributed by atoms with van der Waals surface area (Å²) >= 11 is 0. The number of rotatable bonds is 3. The maximum absolute atomic E-state index is 10.2. The molecule has 2 unspecified atom stereocenters. The van der Waals surface area contributed by atoms with Gasteiger partial charge in [0.25, 0.3) is 0 Å². The van der Waals surface area contributed by atoms with E-state index in [1.807, 2.05) is 0 Å². The molecule has 0 bridgehead atoms. The van der Waals surface area contributed by atoms with Gasteiger partial charge in [-0.25, -0.2) is 0 Å². The predicted octanol–water partition coefficient (Wildman–Crippen LogP) is 0.565. The lowest BCUT2D eigenvalue weighted by molar-refractivity contribution is -0.115. The minimum atomic E-state index is -3.82. The number of hydrogen-bond acceptors (Lipinski definition) is 4. The zero-order valence-electron chi connectivity index (χ0n) is 5.42. The molecule has 0 spiro atoms. The molecular formula is C2H8O6P2. The molecule has 0 heterocycles. The molecule has 62 valence electrons. The molecule has 0 fully saturated rings. The van der Waals surface area contributed by atoms with Crippen LogP contribution in [0.4, 0.5) is 0 Å². The average molecular weight is 190 g/mol. The third kappa shape index (κ3) is 8.30. The van der Waals surface area contributed by atoms with Crippen molar-refractivity contribution in [3.63, 3.8) is 0 Å². The highest BCUT2D eigenvalue weighted by Crippen LogP contribution is 2.46. The Morgan fingerprint density at radius 3 is 1.30 bits per heavy atom. The maximum Gasteiger partial charge on any atom is 0.353 e. The Balaban J connectivity index is 3.79. The lowest BCUT2D eigenvalue weighted by Crippen LogP contribution is -1.88. The van der Waals surface area contributed by atoms with Gasteiger partial charge in [-0.1, -0.05) is 0 Å². The second kappa shape index (κ2) is 3.13. The van der Waals surface area contributed by atoms with E-state index < -0.39 is 15.2 Å². The van der Waals surface area contributed by atoms with Crippen LogP contribution in [0.3, 0.4) is 0 Å². The van der Waals surface area contributed by atoms with Crippen molar-refractivity contribution < 1.29 is 28.3 Å². The largest absolute Gasteiger partial charge is 0.353 e. The van der Waals surface area contributed by atoms with Crippen LogP contribution in [0.15, 0.2) is 0 Å². The van der Waals surface area contributed by atoms with Gasteiger partial charge >= 0.3 is 15.2 Å². The van der Waals surface area contributed by atoms with E-state index in [1.54, 1.807) is 0 Å². The van der Waals surface area contributed by atoms with E-state index in [9.17, 15) is 9.13 Å². The maximum atomic E-state index is 10.2. The minimum absolute atomic E-state index is 0.836. The van der Waals surface area contributed by atoms with Crippen molar-refractivity contribution in [3.05, 3.63) is 0 Å². The molecular weight excluding hydrogens is 182 g/mol. The highest BCUT2D eigenvalue weighted by Gasteiger charge is 2.19. The minimum Gasteiger partial charge on any atom is -0.323 e. The third-order valence-corrected chi connectivity index (χ3v) is 1.13. The van der Waals surface area contributed by atoms with Crippen molar-refractivity contribution in [3.8, 4) is 0 Å². The molecule has 0 amide bonds. The van der Waals surface area contributed by atoms with E-state index in [1.165, 1.54) is 0 Å². The molecule has 0 rings (SSSR count). The molecule has 0 radical (unpaired) electrons. The fourth-order valence-corrected chi connectivity index (χ4v) is 1.11. The second-order valence-corrected chi connectivity index (χ2v) is 5.27. The Morgan fingerprint density at radius 2 is 1.20 bits per heavy atom. The smallest absolute Gasteiger partial charge is 0.323 e. The Labute approximate surface area is 57.8 Å². The quantitative estimate of drug-likeness (QED) is 0.383. The van der Waals surface area contributed by atoms with Crippen LogP contribution in [0.25, 0.3) is 0 Å². The van der Waals surface area contributed by atoms with Gasteiger partial charge in [-0.2, -0.15) is 0 Å². The van der Waals surface area contributed by atoms with Crippen molar-refractivity contribution in [2.45, 2.75) is 0 Å². The Kier molecular flexibility index (Phi) is 3.23. The van der Waals surface area contributed by atoms with Crippen LogP contribution in [0.5, 0.6) is 0 Å². The summed E-state index contributed by atoms with van der Waals surface area (Å²) < 4.78 is 27.9. The van der Waals surface area contributed by atoms with E-state index >= 15 is 0 Å². The fraction of sp³-hybridized carbons (Fsp3) is 1.00. The summed E-state index contributed by atoms with van der Waals surface area (Å²) in [7, 11) is -7.63. The third-order valence-electron chi connectivity index (χ3n) is 0.310. The highest BCUT2D eigenvalue weighted by atomic mass is 31.2. The molecule has 0 saturated heterocycles.